The number of benzene rings is 2. The van der Waals surface area contributed by atoms with Gasteiger partial charge in [0.15, 0.2) is 11.5 Å². The quantitative estimate of drug-likeness (QED) is 0.603. The average Bonchev–Trinajstić information content (AvgIpc) is 3.25. The van der Waals surface area contributed by atoms with Crippen molar-refractivity contribution in [2.75, 3.05) is 13.3 Å². The zero-order valence-electron chi connectivity index (χ0n) is 19.5. The van der Waals surface area contributed by atoms with E-state index in [0.29, 0.717) is 44.0 Å². The Labute approximate surface area is 190 Å². The monoisotopic (exact) mass is 438 g/mol. The fourth-order valence-electron chi connectivity index (χ4n) is 3.72. The molecule has 6 nitrogen and oxygen atoms in total. The van der Waals surface area contributed by atoms with E-state index in [4.69, 9.17) is 9.47 Å². The van der Waals surface area contributed by atoms with Gasteiger partial charge >= 0.3 is 0 Å². The van der Waals surface area contributed by atoms with Gasteiger partial charge in [-0.2, -0.15) is 0 Å². The lowest BCUT2D eigenvalue weighted by Gasteiger charge is -2.31. The molecule has 0 unspecified atom stereocenters. The van der Waals surface area contributed by atoms with Gasteiger partial charge in [0, 0.05) is 19.5 Å². The number of rotatable bonds is 10. The van der Waals surface area contributed by atoms with E-state index < -0.39 is 6.04 Å². The Kier molecular flexibility index (Phi) is 8.14. The van der Waals surface area contributed by atoms with Gasteiger partial charge in [0.25, 0.3) is 0 Å². The first-order chi connectivity index (χ1) is 15.4. The number of amides is 2. The number of ether oxygens (including phenoxy) is 2. The largest absolute Gasteiger partial charge is 0.454 e. The fraction of sp³-hybridized carbons (Fsp3) is 0.462. The van der Waals surface area contributed by atoms with Gasteiger partial charge < -0.3 is 19.7 Å². The van der Waals surface area contributed by atoms with Crippen molar-refractivity contribution in [1.29, 1.82) is 0 Å². The van der Waals surface area contributed by atoms with Gasteiger partial charge in [-0.1, -0.05) is 56.7 Å². The Balaban J connectivity index is 1.74. The van der Waals surface area contributed by atoms with Crippen molar-refractivity contribution in [3.05, 3.63) is 59.2 Å². The van der Waals surface area contributed by atoms with Crippen LogP contribution >= 0.6 is 0 Å². The summed E-state index contributed by atoms with van der Waals surface area (Å²) in [5.41, 5.74) is 3.19. The zero-order chi connectivity index (χ0) is 23.1. The number of nitrogens with zero attached hydrogens (tertiary/aromatic N) is 1. The van der Waals surface area contributed by atoms with Crippen LogP contribution in [0.4, 0.5) is 0 Å². The van der Waals surface area contributed by atoms with Crippen molar-refractivity contribution in [2.24, 2.45) is 5.92 Å². The van der Waals surface area contributed by atoms with Crippen molar-refractivity contribution in [3.63, 3.8) is 0 Å². The molecule has 1 aliphatic rings. The average molecular weight is 439 g/mol. The molecular formula is C26H34N2O4. The summed E-state index contributed by atoms with van der Waals surface area (Å²) in [7, 11) is 0. The van der Waals surface area contributed by atoms with Gasteiger partial charge in [0.05, 0.1) is 0 Å². The molecule has 1 atom stereocenters. The standard InChI is InChI=1S/C26H34N2O4/c1-5-22(26(30)27-15-18(2)3)28(16-21-8-6-19(4)7-9-21)25(29)13-11-20-10-12-23-24(14-20)32-17-31-23/h6-10,12,14,18,22H,5,11,13,15-17H2,1-4H3,(H,27,30)/t22-/m1/s1. The molecular weight excluding hydrogens is 404 g/mol. The predicted octanol–water partition coefficient (Wildman–Crippen LogP) is 4.24. The van der Waals surface area contributed by atoms with Crippen molar-refractivity contribution in [1.82, 2.24) is 10.2 Å². The Hall–Kier alpha value is -3.02. The molecule has 2 aromatic carbocycles. The summed E-state index contributed by atoms with van der Waals surface area (Å²) in [6.07, 6.45) is 1.45. The highest BCUT2D eigenvalue weighted by Crippen LogP contribution is 2.32. The van der Waals surface area contributed by atoms with Crippen LogP contribution in [-0.4, -0.2) is 36.1 Å². The lowest BCUT2D eigenvalue weighted by molar-refractivity contribution is -0.141. The highest BCUT2D eigenvalue weighted by molar-refractivity contribution is 5.87. The molecule has 1 aliphatic heterocycles. The molecule has 0 radical (unpaired) electrons. The molecule has 0 saturated carbocycles. The normalized spacial score (nSPS) is 13.2. The molecule has 0 saturated heterocycles. The van der Waals surface area contributed by atoms with E-state index in [-0.39, 0.29) is 18.6 Å². The number of hydrogen-bond donors (Lipinski definition) is 1. The number of carbonyl (C=O) groups excluding carboxylic acids is 2. The summed E-state index contributed by atoms with van der Waals surface area (Å²) < 4.78 is 10.8. The van der Waals surface area contributed by atoms with E-state index in [0.717, 1.165) is 22.4 Å². The minimum Gasteiger partial charge on any atom is -0.454 e. The Morgan fingerprint density at radius 1 is 1.03 bits per heavy atom. The molecule has 32 heavy (non-hydrogen) atoms. The molecule has 0 aliphatic carbocycles. The van der Waals surface area contributed by atoms with Crippen molar-refractivity contribution >= 4 is 11.8 Å². The van der Waals surface area contributed by atoms with Crippen molar-refractivity contribution in [2.45, 2.75) is 59.5 Å². The number of nitrogens with one attached hydrogen (secondary N) is 1. The minimum atomic E-state index is -0.501. The van der Waals surface area contributed by atoms with Crippen LogP contribution in [0.2, 0.25) is 0 Å². The smallest absolute Gasteiger partial charge is 0.242 e. The highest BCUT2D eigenvalue weighted by atomic mass is 16.7. The van der Waals surface area contributed by atoms with Crippen LogP contribution < -0.4 is 14.8 Å². The molecule has 1 N–H and O–H groups in total. The topological polar surface area (TPSA) is 67.9 Å². The van der Waals surface area contributed by atoms with Crippen LogP contribution in [0.5, 0.6) is 11.5 Å². The summed E-state index contributed by atoms with van der Waals surface area (Å²) >= 11 is 0. The molecule has 1 heterocycles. The van der Waals surface area contributed by atoms with Gasteiger partial charge in [0.2, 0.25) is 18.6 Å². The van der Waals surface area contributed by atoms with Crippen LogP contribution in [0.25, 0.3) is 0 Å². The van der Waals surface area contributed by atoms with Crippen molar-refractivity contribution < 1.29 is 19.1 Å². The molecule has 0 aromatic heterocycles. The second kappa shape index (κ2) is 11.0. The third-order valence-corrected chi connectivity index (χ3v) is 5.61. The van der Waals surface area contributed by atoms with Crippen LogP contribution in [0.15, 0.2) is 42.5 Å². The summed E-state index contributed by atoms with van der Waals surface area (Å²) in [6, 6.07) is 13.4. The minimum absolute atomic E-state index is 0.0326. The van der Waals surface area contributed by atoms with E-state index in [1.165, 1.54) is 0 Å². The molecule has 2 amide bonds. The Morgan fingerprint density at radius 3 is 2.41 bits per heavy atom. The van der Waals surface area contributed by atoms with Gasteiger partial charge in [-0.25, -0.2) is 0 Å². The van der Waals surface area contributed by atoms with E-state index in [1.54, 1.807) is 4.90 Å². The summed E-state index contributed by atoms with van der Waals surface area (Å²) in [5, 5.41) is 3.00. The number of aryl methyl sites for hydroxylation is 2. The second-order valence-electron chi connectivity index (χ2n) is 8.76. The zero-order valence-corrected chi connectivity index (χ0v) is 19.5. The SMILES string of the molecule is CC[C@H](C(=O)NCC(C)C)N(Cc1ccc(C)cc1)C(=O)CCc1ccc2c(c1)OCO2. The number of carbonyl (C=O) groups is 2. The molecule has 0 spiro atoms. The van der Waals surface area contributed by atoms with Crippen LogP contribution in [0.3, 0.4) is 0 Å². The van der Waals surface area contributed by atoms with E-state index in [2.05, 4.69) is 19.2 Å². The Morgan fingerprint density at radius 2 is 1.72 bits per heavy atom. The lowest BCUT2D eigenvalue weighted by Crippen LogP contribution is -2.49. The van der Waals surface area contributed by atoms with Crippen LogP contribution in [-0.2, 0) is 22.6 Å². The maximum atomic E-state index is 13.4. The molecule has 172 valence electrons. The molecule has 2 aromatic rings. The molecule has 6 heteroatoms. The van der Waals surface area contributed by atoms with Gasteiger partial charge in [0.1, 0.15) is 6.04 Å². The van der Waals surface area contributed by atoms with Gasteiger partial charge in [-0.05, 0) is 48.9 Å². The fourth-order valence-corrected chi connectivity index (χ4v) is 3.72. The van der Waals surface area contributed by atoms with E-state index >= 15 is 0 Å². The van der Waals surface area contributed by atoms with Gasteiger partial charge in [-0.3, -0.25) is 9.59 Å². The van der Waals surface area contributed by atoms with Crippen LogP contribution in [0, 0.1) is 12.8 Å². The maximum absolute atomic E-state index is 13.4. The van der Waals surface area contributed by atoms with Crippen molar-refractivity contribution in [3.8, 4) is 11.5 Å². The first-order valence-electron chi connectivity index (χ1n) is 11.4. The maximum Gasteiger partial charge on any atom is 0.242 e. The van der Waals surface area contributed by atoms with Gasteiger partial charge in [-0.15, -0.1) is 0 Å². The third kappa shape index (κ3) is 6.25. The number of fused-ring (bicyclic) bond motifs is 1. The molecule has 0 fully saturated rings. The van der Waals surface area contributed by atoms with Crippen LogP contribution in [0.1, 0.15) is 50.3 Å². The number of hydrogen-bond acceptors (Lipinski definition) is 4. The van der Waals surface area contributed by atoms with E-state index in [9.17, 15) is 9.59 Å². The lowest BCUT2D eigenvalue weighted by atomic mass is 10.0. The summed E-state index contributed by atoms with van der Waals surface area (Å²) in [5.74, 6) is 1.67. The highest BCUT2D eigenvalue weighted by Gasteiger charge is 2.28. The molecule has 0 bridgehead atoms. The second-order valence-corrected chi connectivity index (χ2v) is 8.76. The first-order valence-corrected chi connectivity index (χ1v) is 11.4. The third-order valence-electron chi connectivity index (χ3n) is 5.61. The molecule has 3 rings (SSSR count). The Bertz CT molecular complexity index is 924. The first kappa shape index (κ1) is 23.6. The summed E-state index contributed by atoms with van der Waals surface area (Å²) in [4.78, 5) is 28.0. The summed E-state index contributed by atoms with van der Waals surface area (Å²) in [6.45, 7) is 9.33. The van der Waals surface area contributed by atoms with E-state index in [1.807, 2.05) is 56.3 Å². The predicted molar refractivity (Wildman–Crippen MR) is 125 cm³/mol.